The van der Waals surface area contributed by atoms with E-state index in [0.29, 0.717) is 16.7 Å². The molecule has 2 nitrogen and oxygen atoms in total. The van der Waals surface area contributed by atoms with E-state index < -0.39 is 11.6 Å². The second kappa shape index (κ2) is 3.06. The number of benzene rings is 1. The van der Waals surface area contributed by atoms with Crippen LogP contribution in [0.2, 0.25) is 0 Å². The van der Waals surface area contributed by atoms with Crippen molar-refractivity contribution in [3.8, 4) is 0 Å². The van der Waals surface area contributed by atoms with Crippen molar-refractivity contribution in [3.05, 3.63) is 35.6 Å². The van der Waals surface area contributed by atoms with Gasteiger partial charge < -0.3 is 10.2 Å². The van der Waals surface area contributed by atoms with Crippen LogP contribution in [-0.4, -0.2) is 0 Å². The fourth-order valence-electron chi connectivity index (χ4n) is 1.28. The van der Waals surface area contributed by atoms with Gasteiger partial charge in [0.25, 0.3) is 0 Å². The van der Waals surface area contributed by atoms with Crippen molar-refractivity contribution < 1.29 is 13.2 Å². The van der Waals surface area contributed by atoms with Crippen molar-refractivity contribution in [2.45, 2.75) is 13.0 Å². The largest absolute Gasteiger partial charge is 0.459 e. The summed E-state index contributed by atoms with van der Waals surface area (Å²) in [4.78, 5) is 0. The minimum Gasteiger partial charge on any atom is -0.459 e. The summed E-state index contributed by atoms with van der Waals surface area (Å²) in [7, 11) is 0. The van der Waals surface area contributed by atoms with Gasteiger partial charge in [-0.1, -0.05) is 0 Å². The Kier molecular flexibility index (Phi) is 2.00. The van der Waals surface area contributed by atoms with Gasteiger partial charge in [0.2, 0.25) is 0 Å². The Morgan fingerprint density at radius 2 is 1.86 bits per heavy atom. The van der Waals surface area contributed by atoms with E-state index >= 15 is 0 Å². The average molecular weight is 197 g/mol. The highest BCUT2D eigenvalue weighted by molar-refractivity contribution is 5.78. The van der Waals surface area contributed by atoms with Gasteiger partial charge in [-0.2, -0.15) is 0 Å². The van der Waals surface area contributed by atoms with Crippen molar-refractivity contribution in [2.24, 2.45) is 5.73 Å². The van der Waals surface area contributed by atoms with E-state index in [-0.39, 0.29) is 6.04 Å². The monoisotopic (exact) mass is 197 g/mol. The van der Waals surface area contributed by atoms with Crippen LogP contribution in [-0.2, 0) is 0 Å². The second-order valence-electron chi connectivity index (χ2n) is 3.24. The quantitative estimate of drug-likeness (QED) is 0.763. The SMILES string of the molecule is CC(N)c1cc2cc(F)c(F)cc2o1. The predicted molar refractivity (Wildman–Crippen MR) is 48.7 cm³/mol. The van der Waals surface area contributed by atoms with Crippen molar-refractivity contribution in [1.29, 1.82) is 0 Å². The van der Waals surface area contributed by atoms with Gasteiger partial charge in [-0.25, -0.2) is 8.78 Å². The third kappa shape index (κ3) is 1.37. The first-order valence-corrected chi connectivity index (χ1v) is 4.22. The molecule has 4 heteroatoms. The Morgan fingerprint density at radius 1 is 1.21 bits per heavy atom. The number of nitrogens with two attached hydrogens (primary N) is 1. The summed E-state index contributed by atoms with van der Waals surface area (Å²) in [5.74, 6) is -1.28. The van der Waals surface area contributed by atoms with E-state index in [2.05, 4.69) is 0 Å². The number of rotatable bonds is 1. The average Bonchev–Trinajstić information content (AvgIpc) is 2.48. The number of halogens is 2. The van der Waals surface area contributed by atoms with Crippen LogP contribution in [0.3, 0.4) is 0 Å². The number of hydrogen-bond acceptors (Lipinski definition) is 2. The molecule has 0 aliphatic heterocycles. The zero-order chi connectivity index (χ0) is 10.3. The van der Waals surface area contributed by atoms with Gasteiger partial charge in [-0.15, -0.1) is 0 Å². The Morgan fingerprint density at radius 3 is 2.50 bits per heavy atom. The van der Waals surface area contributed by atoms with E-state index in [1.54, 1.807) is 13.0 Å². The Bertz CT molecular complexity index is 437. The smallest absolute Gasteiger partial charge is 0.162 e. The zero-order valence-electron chi connectivity index (χ0n) is 7.55. The molecule has 1 atom stereocenters. The Hall–Kier alpha value is -1.42. The van der Waals surface area contributed by atoms with E-state index in [4.69, 9.17) is 10.2 Å². The van der Waals surface area contributed by atoms with Gasteiger partial charge in [-0.3, -0.25) is 0 Å². The first-order valence-electron chi connectivity index (χ1n) is 4.22. The summed E-state index contributed by atoms with van der Waals surface area (Å²) in [5, 5.41) is 0.524. The molecule has 0 aliphatic rings. The third-order valence-electron chi connectivity index (χ3n) is 2.03. The number of fused-ring (bicyclic) bond motifs is 1. The topological polar surface area (TPSA) is 39.2 Å². The third-order valence-corrected chi connectivity index (χ3v) is 2.03. The van der Waals surface area contributed by atoms with Gasteiger partial charge in [0.15, 0.2) is 11.6 Å². The molecular weight excluding hydrogens is 188 g/mol. The lowest BCUT2D eigenvalue weighted by atomic mass is 10.2. The summed E-state index contributed by atoms with van der Waals surface area (Å²) in [6.45, 7) is 1.74. The molecule has 74 valence electrons. The second-order valence-corrected chi connectivity index (χ2v) is 3.24. The molecule has 0 saturated heterocycles. The van der Waals surface area contributed by atoms with E-state index in [9.17, 15) is 8.78 Å². The molecule has 1 aromatic heterocycles. The minimum atomic E-state index is -0.914. The van der Waals surface area contributed by atoms with Crippen LogP contribution in [0.15, 0.2) is 22.6 Å². The van der Waals surface area contributed by atoms with Gasteiger partial charge >= 0.3 is 0 Å². The highest BCUT2D eigenvalue weighted by Gasteiger charge is 2.11. The van der Waals surface area contributed by atoms with Crippen molar-refractivity contribution in [1.82, 2.24) is 0 Å². The normalized spacial score (nSPS) is 13.4. The molecule has 14 heavy (non-hydrogen) atoms. The molecule has 1 unspecified atom stereocenters. The van der Waals surface area contributed by atoms with Crippen LogP contribution < -0.4 is 5.73 Å². The summed E-state index contributed by atoms with van der Waals surface area (Å²) in [6.07, 6.45) is 0. The molecule has 0 aliphatic carbocycles. The molecular formula is C10H9F2NO. The van der Waals surface area contributed by atoms with E-state index in [1.165, 1.54) is 0 Å². The van der Waals surface area contributed by atoms with Crippen LogP contribution >= 0.6 is 0 Å². The van der Waals surface area contributed by atoms with Crippen LogP contribution in [0.5, 0.6) is 0 Å². The van der Waals surface area contributed by atoms with Crippen LogP contribution in [0, 0.1) is 11.6 Å². The maximum Gasteiger partial charge on any atom is 0.162 e. The molecule has 0 fully saturated rings. The molecule has 2 rings (SSSR count). The van der Waals surface area contributed by atoms with Crippen LogP contribution in [0.25, 0.3) is 11.0 Å². The maximum atomic E-state index is 12.8. The number of furan rings is 1. The lowest BCUT2D eigenvalue weighted by Crippen LogP contribution is -2.02. The van der Waals surface area contributed by atoms with Gasteiger partial charge in [-0.05, 0) is 19.1 Å². The van der Waals surface area contributed by atoms with Crippen molar-refractivity contribution in [3.63, 3.8) is 0 Å². The lowest BCUT2D eigenvalue weighted by molar-refractivity contribution is 0.495. The highest BCUT2D eigenvalue weighted by Crippen LogP contribution is 2.24. The number of hydrogen-bond donors (Lipinski definition) is 1. The molecule has 0 spiro atoms. The lowest BCUT2D eigenvalue weighted by Gasteiger charge is -1.96. The van der Waals surface area contributed by atoms with Gasteiger partial charge in [0.1, 0.15) is 11.3 Å². The molecule has 1 heterocycles. The van der Waals surface area contributed by atoms with E-state index in [1.807, 2.05) is 0 Å². The fraction of sp³-hybridized carbons (Fsp3) is 0.200. The maximum absolute atomic E-state index is 12.8. The molecule has 2 N–H and O–H groups in total. The molecule has 0 amide bonds. The summed E-state index contributed by atoms with van der Waals surface area (Å²) < 4.78 is 30.8. The molecule has 1 aromatic carbocycles. The predicted octanol–water partition coefficient (Wildman–Crippen LogP) is 2.73. The first kappa shape index (κ1) is 9.15. The van der Waals surface area contributed by atoms with Gasteiger partial charge in [0, 0.05) is 11.5 Å². The minimum absolute atomic E-state index is 0.284. The summed E-state index contributed by atoms with van der Waals surface area (Å²) in [6, 6.07) is 3.45. The zero-order valence-corrected chi connectivity index (χ0v) is 7.55. The Balaban J connectivity index is 2.66. The molecule has 0 radical (unpaired) electrons. The summed E-state index contributed by atoms with van der Waals surface area (Å²) in [5.41, 5.74) is 5.89. The summed E-state index contributed by atoms with van der Waals surface area (Å²) >= 11 is 0. The Labute approximate surface area is 79.3 Å². The molecule has 0 saturated carbocycles. The van der Waals surface area contributed by atoms with Crippen LogP contribution in [0.4, 0.5) is 8.78 Å². The van der Waals surface area contributed by atoms with Crippen LogP contribution in [0.1, 0.15) is 18.7 Å². The molecule has 2 aromatic rings. The highest BCUT2D eigenvalue weighted by atomic mass is 19.2. The van der Waals surface area contributed by atoms with Crippen molar-refractivity contribution >= 4 is 11.0 Å². The first-order chi connectivity index (χ1) is 6.58. The molecule has 0 bridgehead atoms. The van der Waals surface area contributed by atoms with Gasteiger partial charge in [0.05, 0.1) is 6.04 Å². The standard InChI is InChI=1S/C10H9F2NO/c1-5(13)9-3-6-2-7(11)8(12)4-10(6)14-9/h2-5H,13H2,1H3. The van der Waals surface area contributed by atoms with E-state index in [0.717, 1.165) is 12.1 Å². The van der Waals surface area contributed by atoms with Crippen molar-refractivity contribution in [2.75, 3.05) is 0 Å². The fourth-order valence-corrected chi connectivity index (χ4v) is 1.28.